The summed E-state index contributed by atoms with van der Waals surface area (Å²) in [7, 11) is 0. The highest BCUT2D eigenvalue weighted by molar-refractivity contribution is 5.91. The van der Waals surface area contributed by atoms with Crippen LogP contribution in [0.15, 0.2) is 97.1 Å². The fraction of sp³-hybridized carbons (Fsp3) is 0.303. The molecule has 0 radical (unpaired) electrons. The van der Waals surface area contributed by atoms with Gasteiger partial charge in [-0.25, -0.2) is 4.79 Å². The first-order chi connectivity index (χ1) is 19.0. The number of nitrogens with zero attached hydrogens (tertiary/aromatic N) is 2. The number of hydrogen-bond donors (Lipinski definition) is 2. The third-order valence-corrected chi connectivity index (χ3v) is 7.56. The lowest BCUT2D eigenvalue weighted by atomic mass is 10.0. The summed E-state index contributed by atoms with van der Waals surface area (Å²) < 4.78 is 5.83. The molecule has 0 spiro atoms. The van der Waals surface area contributed by atoms with Crippen molar-refractivity contribution in [3.8, 4) is 0 Å². The van der Waals surface area contributed by atoms with E-state index in [1.54, 1.807) is 0 Å². The molecular formula is C33H38N4O2. The Labute approximate surface area is 231 Å². The molecule has 0 bridgehead atoms. The van der Waals surface area contributed by atoms with Crippen molar-refractivity contribution in [1.29, 1.82) is 0 Å². The van der Waals surface area contributed by atoms with E-state index >= 15 is 0 Å². The molecule has 4 aromatic rings. The summed E-state index contributed by atoms with van der Waals surface area (Å²) >= 11 is 0. The zero-order chi connectivity index (χ0) is 27.0. The number of likely N-dealkylation sites (tertiary alicyclic amines) is 1. The highest BCUT2D eigenvalue weighted by Crippen LogP contribution is 2.28. The van der Waals surface area contributed by atoms with Gasteiger partial charge in [-0.15, -0.1) is 0 Å². The Hall–Kier alpha value is -4.03. The number of benzene rings is 4. The summed E-state index contributed by atoms with van der Waals surface area (Å²) in [5.41, 5.74) is 10.5. The van der Waals surface area contributed by atoms with Crippen LogP contribution in [0.25, 0.3) is 10.8 Å². The first kappa shape index (κ1) is 26.6. The minimum atomic E-state index is -0.232. The van der Waals surface area contributed by atoms with Gasteiger partial charge in [0.25, 0.3) is 0 Å². The molecule has 0 aliphatic carbocycles. The van der Waals surface area contributed by atoms with Gasteiger partial charge >= 0.3 is 6.09 Å². The van der Waals surface area contributed by atoms with Gasteiger partial charge in [-0.2, -0.15) is 0 Å². The van der Waals surface area contributed by atoms with E-state index in [1.165, 1.54) is 11.1 Å². The molecule has 1 aliphatic heterocycles. The van der Waals surface area contributed by atoms with Crippen molar-refractivity contribution >= 4 is 28.2 Å². The van der Waals surface area contributed by atoms with Crippen molar-refractivity contribution in [3.05, 3.63) is 108 Å². The van der Waals surface area contributed by atoms with Gasteiger partial charge in [0.15, 0.2) is 0 Å². The van der Waals surface area contributed by atoms with Crippen molar-refractivity contribution < 1.29 is 9.53 Å². The number of anilines is 2. The molecule has 0 saturated carbocycles. The number of carbonyl (C=O) groups is 1. The predicted octanol–water partition coefficient (Wildman–Crippen LogP) is 6.53. The Balaban J connectivity index is 1.13. The number of carbonyl (C=O) groups excluding carboxylic acids is 1. The van der Waals surface area contributed by atoms with E-state index in [1.807, 2.05) is 35.2 Å². The molecule has 1 atom stereocenters. The second-order valence-electron chi connectivity index (χ2n) is 10.5. The molecule has 5 rings (SSSR count). The maximum Gasteiger partial charge on any atom is 0.409 e. The summed E-state index contributed by atoms with van der Waals surface area (Å²) in [4.78, 5) is 17.1. The molecule has 1 aliphatic rings. The van der Waals surface area contributed by atoms with Crippen LogP contribution >= 0.6 is 0 Å². The topological polar surface area (TPSA) is 70.8 Å². The molecular weight excluding hydrogens is 484 g/mol. The van der Waals surface area contributed by atoms with E-state index in [-0.39, 0.29) is 18.2 Å². The Kier molecular flexibility index (Phi) is 8.64. The molecule has 4 aromatic carbocycles. The van der Waals surface area contributed by atoms with E-state index < -0.39 is 0 Å². The molecule has 3 N–H and O–H groups in total. The minimum Gasteiger partial charge on any atom is -0.448 e. The number of nitrogens with one attached hydrogen (secondary N) is 1. The van der Waals surface area contributed by atoms with Crippen molar-refractivity contribution in [3.63, 3.8) is 0 Å². The Morgan fingerprint density at radius 3 is 2.03 bits per heavy atom. The number of hydrogen-bond acceptors (Lipinski definition) is 5. The van der Waals surface area contributed by atoms with E-state index in [4.69, 9.17) is 10.5 Å². The monoisotopic (exact) mass is 522 g/mol. The van der Waals surface area contributed by atoms with Gasteiger partial charge in [0.1, 0.15) is 6.61 Å². The second kappa shape index (κ2) is 12.7. The van der Waals surface area contributed by atoms with Crippen LogP contribution in [-0.4, -0.2) is 47.7 Å². The average molecular weight is 523 g/mol. The summed E-state index contributed by atoms with van der Waals surface area (Å²) in [6.45, 7) is 5.40. The molecule has 6 nitrogen and oxygen atoms in total. The quantitative estimate of drug-likeness (QED) is 0.245. The zero-order valence-electron chi connectivity index (χ0n) is 22.6. The highest BCUT2D eigenvalue weighted by atomic mass is 16.6. The molecule has 6 heteroatoms. The van der Waals surface area contributed by atoms with Crippen LogP contribution in [0, 0.1) is 0 Å². The number of rotatable bonds is 9. The van der Waals surface area contributed by atoms with Crippen LogP contribution in [0.1, 0.15) is 30.9 Å². The van der Waals surface area contributed by atoms with Crippen LogP contribution in [0.2, 0.25) is 0 Å². The SMILES string of the molecule is C[C@@H](COC(=O)N1CCC(Nc2cc3ccccc3cc2N)CC1)N(Cc1ccccc1)Cc1ccccc1. The van der Waals surface area contributed by atoms with Gasteiger partial charge in [-0.1, -0.05) is 84.9 Å². The Morgan fingerprint density at radius 2 is 1.44 bits per heavy atom. The van der Waals surface area contributed by atoms with Crippen molar-refractivity contribution in [2.45, 2.75) is 44.9 Å². The number of piperidine rings is 1. The number of ether oxygens (including phenoxy) is 1. The van der Waals surface area contributed by atoms with Gasteiger partial charge in [0.2, 0.25) is 0 Å². The molecule has 39 heavy (non-hydrogen) atoms. The molecule has 0 aromatic heterocycles. The lowest BCUT2D eigenvalue weighted by molar-refractivity contribution is 0.0595. The molecule has 1 amide bonds. The van der Waals surface area contributed by atoms with Gasteiger partial charge < -0.3 is 20.7 Å². The van der Waals surface area contributed by atoms with Crippen LogP contribution in [0.4, 0.5) is 16.2 Å². The Bertz CT molecular complexity index is 1310. The van der Waals surface area contributed by atoms with Gasteiger partial charge in [-0.05, 0) is 53.8 Å². The van der Waals surface area contributed by atoms with Gasteiger partial charge in [0.05, 0.1) is 11.4 Å². The largest absolute Gasteiger partial charge is 0.448 e. The van der Waals surface area contributed by atoms with Gasteiger partial charge in [-0.3, -0.25) is 4.90 Å². The maximum absolute atomic E-state index is 13.0. The third-order valence-electron chi connectivity index (χ3n) is 7.56. The fourth-order valence-corrected chi connectivity index (χ4v) is 5.20. The predicted molar refractivity (Wildman–Crippen MR) is 160 cm³/mol. The molecule has 1 fully saturated rings. The second-order valence-corrected chi connectivity index (χ2v) is 10.5. The van der Waals surface area contributed by atoms with Crippen molar-refractivity contribution in [2.75, 3.05) is 30.7 Å². The molecule has 1 heterocycles. The van der Waals surface area contributed by atoms with Crippen LogP contribution in [-0.2, 0) is 17.8 Å². The average Bonchev–Trinajstić information content (AvgIpc) is 2.97. The number of nitrogen functional groups attached to an aromatic ring is 1. The van der Waals surface area contributed by atoms with E-state index in [0.29, 0.717) is 19.7 Å². The summed E-state index contributed by atoms with van der Waals surface area (Å²) in [6.07, 6.45) is 1.47. The Morgan fingerprint density at radius 1 is 0.897 bits per heavy atom. The summed E-state index contributed by atoms with van der Waals surface area (Å²) in [6, 6.07) is 33.6. The summed E-state index contributed by atoms with van der Waals surface area (Å²) in [5, 5.41) is 5.90. The van der Waals surface area contributed by atoms with E-state index in [9.17, 15) is 4.79 Å². The lowest BCUT2D eigenvalue weighted by Crippen LogP contribution is -2.44. The zero-order valence-corrected chi connectivity index (χ0v) is 22.6. The maximum atomic E-state index is 13.0. The van der Waals surface area contributed by atoms with Crippen molar-refractivity contribution in [1.82, 2.24) is 9.80 Å². The third kappa shape index (κ3) is 7.09. The fourth-order valence-electron chi connectivity index (χ4n) is 5.20. The first-order valence-electron chi connectivity index (χ1n) is 13.8. The first-order valence-corrected chi connectivity index (χ1v) is 13.8. The number of nitrogens with two attached hydrogens (primary N) is 1. The van der Waals surface area contributed by atoms with Crippen LogP contribution < -0.4 is 11.1 Å². The lowest BCUT2D eigenvalue weighted by Gasteiger charge is -2.34. The molecule has 0 unspecified atom stereocenters. The highest BCUT2D eigenvalue weighted by Gasteiger charge is 2.25. The van der Waals surface area contributed by atoms with Crippen LogP contribution in [0.5, 0.6) is 0 Å². The standard InChI is InChI=1S/C33H38N4O2/c1-25(37(22-26-10-4-2-5-11-26)23-27-12-6-3-7-13-27)24-39-33(38)36-18-16-30(17-19-36)35-32-21-29-15-9-8-14-28(29)20-31(32)34/h2-15,20-21,25,30,35H,16-19,22-24,34H2,1H3/t25-/m0/s1. The van der Waals surface area contributed by atoms with E-state index in [0.717, 1.165) is 48.1 Å². The summed E-state index contributed by atoms with van der Waals surface area (Å²) in [5.74, 6) is 0. The smallest absolute Gasteiger partial charge is 0.409 e. The van der Waals surface area contributed by atoms with E-state index in [2.05, 4.69) is 83.9 Å². The molecule has 202 valence electrons. The molecule has 1 saturated heterocycles. The van der Waals surface area contributed by atoms with Crippen molar-refractivity contribution in [2.24, 2.45) is 0 Å². The number of amides is 1. The normalized spacial score (nSPS) is 14.9. The minimum absolute atomic E-state index is 0.0736. The van der Waals surface area contributed by atoms with Gasteiger partial charge in [0, 0.05) is 38.3 Å². The van der Waals surface area contributed by atoms with Crippen LogP contribution in [0.3, 0.4) is 0 Å². The number of fused-ring (bicyclic) bond motifs is 1.